The van der Waals surface area contributed by atoms with E-state index >= 15 is 0 Å². The molecule has 3 rings (SSSR count). The number of benzene rings is 2. The van der Waals surface area contributed by atoms with Gasteiger partial charge in [-0.25, -0.2) is 0 Å². The average Bonchev–Trinajstić information content (AvgIpc) is 2.81. The van der Waals surface area contributed by atoms with Crippen LogP contribution < -0.4 is 0 Å². The van der Waals surface area contributed by atoms with Crippen molar-refractivity contribution in [1.29, 1.82) is 0 Å². The molecule has 0 saturated heterocycles. The molecule has 199 valence electrons. The van der Waals surface area contributed by atoms with Crippen LogP contribution in [0.4, 0.5) is 11.4 Å². The molecule has 3 heteroatoms. The Balaban J connectivity index is 0.00000481. The summed E-state index contributed by atoms with van der Waals surface area (Å²) < 4.78 is 5.19. The van der Waals surface area contributed by atoms with Crippen LogP contribution in [-0.2, 0) is 32.7 Å². The third-order valence-electron chi connectivity index (χ3n) is 9.39. The molecule has 1 aliphatic rings. The van der Waals surface area contributed by atoms with Crippen molar-refractivity contribution in [1.82, 2.24) is 0 Å². The summed E-state index contributed by atoms with van der Waals surface area (Å²) >= 11 is 0. The van der Waals surface area contributed by atoms with Crippen molar-refractivity contribution in [3.63, 3.8) is 0 Å². The van der Waals surface area contributed by atoms with Gasteiger partial charge in [-0.15, -0.1) is 0 Å². The second kappa shape index (κ2) is 12.2. The van der Waals surface area contributed by atoms with Crippen molar-refractivity contribution in [3.05, 3.63) is 68.5 Å². The average molecular weight is 576 g/mol. The molecule has 0 spiro atoms. The van der Waals surface area contributed by atoms with Gasteiger partial charge in [0.25, 0.3) is 0 Å². The van der Waals surface area contributed by atoms with Crippen molar-refractivity contribution in [2.75, 3.05) is 6.67 Å². The maximum Gasteiger partial charge on any atom is 0.340 e. The van der Waals surface area contributed by atoms with Crippen LogP contribution in [0.3, 0.4) is 0 Å². The molecule has 1 heterocycles. The molecule has 0 N–H and O–H groups in total. The van der Waals surface area contributed by atoms with Gasteiger partial charge in [-0.3, -0.25) is 12.8 Å². The normalized spacial score (nSPS) is 22.8. The van der Waals surface area contributed by atoms with Gasteiger partial charge in [-0.1, -0.05) is 20.3 Å². The summed E-state index contributed by atoms with van der Waals surface area (Å²) in [6.45, 7) is 33.1. The van der Waals surface area contributed by atoms with E-state index in [1.165, 1.54) is 78.4 Å². The second-order valence-electron chi connectivity index (χ2n) is 11.8. The summed E-state index contributed by atoms with van der Waals surface area (Å²) in [6.07, 6.45) is 6.15. The van der Waals surface area contributed by atoms with Crippen molar-refractivity contribution >= 4 is 22.8 Å². The smallest absolute Gasteiger partial charge is 0.299 e. The quantitative estimate of drug-likeness (QED) is 0.250. The molecule has 0 bridgehead atoms. The molecule has 0 fully saturated rings. The van der Waals surface area contributed by atoms with Crippen molar-refractivity contribution < 1.29 is 41.9 Å². The van der Waals surface area contributed by atoms with Crippen LogP contribution in [0.1, 0.15) is 89.8 Å². The van der Waals surface area contributed by atoms with Crippen LogP contribution >= 0.6 is 0 Å². The Kier molecular flexibility index (Phi) is 10.5. The topological polar surface area (TPSA) is 6.02 Å². The van der Waals surface area contributed by atoms with Gasteiger partial charge in [-0.05, 0) is 116 Å². The van der Waals surface area contributed by atoms with Gasteiger partial charge < -0.3 is 0 Å². The molecular formula is C34H50N2Y. The van der Waals surface area contributed by atoms with Gasteiger partial charge in [0.2, 0.25) is 11.4 Å². The van der Waals surface area contributed by atoms with E-state index in [1.807, 2.05) is 0 Å². The maximum absolute atomic E-state index is 2.59. The van der Waals surface area contributed by atoms with Crippen molar-refractivity contribution in [2.24, 2.45) is 11.8 Å². The molecule has 0 aromatic heterocycles. The molecule has 37 heavy (non-hydrogen) atoms. The summed E-state index contributed by atoms with van der Waals surface area (Å²) in [7, 11) is 0. The Morgan fingerprint density at radius 3 is 0.973 bits per heavy atom. The Labute approximate surface area is 253 Å². The van der Waals surface area contributed by atoms with E-state index in [0.29, 0.717) is 11.8 Å². The number of hydrogen-bond donors (Lipinski definition) is 0. The Bertz CT molecular complexity index is 1120. The zero-order valence-corrected chi connectivity index (χ0v) is 29.0. The Morgan fingerprint density at radius 2 is 0.703 bits per heavy atom. The Hall–Kier alpha value is -1.38. The van der Waals surface area contributed by atoms with E-state index in [-0.39, 0.29) is 32.7 Å². The van der Waals surface area contributed by atoms with E-state index in [1.54, 1.807) is 0 Å². The molecule has 0 saturated carbocycles. The Morgan fingerprint density at radius 1 is 0.459 bits per heavy atom. The van der Waals surface area contributed by atoms with E-state index in [0.717, 1.165) is 13.1 Å². The monoisotopic (exact) mass is 575 g/mol. The van der Waals surface area contributed by atoms with Crippen LogP contribution in [0.25, 0.3) is 0 Å². The van der Waals surface area contributed by atoms with Crippen LogP contribution in [-0.4, -0.2) is 27.2 Å². The molecule has 0 amide bonds. The first kappa shape index (κ1) is 31.8. The van der Waals surface area contributed by atoms with Crippen molar-refractivity contribution in [2.45, 2.75) is 103 Å². The minimum Gasteiger partial charge on any atom is -0.299 e. The van der Waals surface area contributed by atoms with Crippen LogP contribution in [0.2, 0.25) is 0 Å². The molecule has 2 nitrogen and oxygen atoms in total. The fraction of sp³-hybridized carbons (Fsp3) is 0.529. The molecule has 2 unspecified atom stereocenters. The molecule has 1 aliphatic heterocycles. The van der Waals surface area contributed by atoms with E-state index in [4.69, 9.17) is 0 Å². The molecule has 2 aromatic carbocycles. The third-order valence-corrected chi connectivity index (χ3v) is 9.39. The van der Waals surface area contributed by atoms with Gasteiger partial charge in [0, 0.05) is 66.4 Å². The summed E-state index contributed by atoms with van der Waals surface area (Å²) in [4.78, 5) is 0. The maximum atomic E-state index is 2.59. The minimum atomic E-state index is 0. The fourth-order valence-electron chi connectivity index (χ4n) is 6.35. The van der Waals surface area contributed by atoms with Crippen LogP contribution in [0.5, 0.6) is 0 Å². The fourth-order valence-corrected chi connectivity index (χ4v) is 6.35. The first-order chi connectivity index (χ1) is 16.7. The largest absolute Gasteiger partial charge is 0.340 e. The van der Waals surface area contributed by atoms with Gasteiger partial charge in [-0.2, -0.15) is 21.0 Å². The van der Waals surface area contributed by atoms with E-state index in [9.17, 15) is 0 Å². The van der Waals surface area contributed by atoms with Gasteiger partial charge in [0.05, 0.1) is 0 Å². The summed E-state index contributed by atoms with van der Waals surface area (Å²) in [5.41, 5.74) is 19.5. The number of nitrogens with zero attached hydrogens (tertiary/aromatic N) is 2. The SMILES string of the molecule is C/C1=[N+](\c2c(C)c(C)c(C)c(C)c2C)C/[N+](c2c(C)c(C)c(C)c(C)c2C)=C(/C)[CH-]C(C)CC(C)[CH-]1.[Y]. The van der Waals surface area contributed by atoms with Crippen LogP contribution in [0.15, 0.2) is 0 Å². The predicted molar refractivity (Wildman–Crippen MR) is 158 cm³/mol. The molecule has 2 atom stereocenters. The molecule has 0 aliphatic carbocycles. The summed E-state index contributed by atoms with van der Waals surface area (Å²) in [6, 6.07) is 0. The predicted octanol–water partition coefficient (Wildman–Crippen LogP) is 8.72. The molecular weight excluding hydrogens is 525 g/mol. The van der Waals surface area contributed by atoms with Crippen molar-refractivity contribution in [3.8, 4) is 0 Å². The van der Waals surface area contributed by atoms with Crippen LogP contribution in [0, 0.1) is 93.9 Å². The zero-order valence-electron chi connectivity index (χ0n) is 26.2. The zero-order chi connectivity index (χ0) is 27.2. The van der Waals surface area contributed by atoms with Gasteiger partial charge in [0.15, 0.2) is 0 Å². The standard InChI is InChI=1S/C34H50N2.Y/c1-19-15-20(2)17-22(4)36(34-31(13)27(9)24(6)28(10)32(34)14)18-35(21(3)16-19)33-29(11)25(7)23(5)26(8)30(33)12;/h16-17,19-20H,15,18H2,1-14H3;/b35-21+,36-22+;. The first-order valence-corrected chi connectivity index (χ1v) is 13.7. The second-order valence-corrected chi connectivity index (χ2v) is 11.8. The van der Waals surface area contributed by atoms with E-state index in [2.05, 4.69) is 119 Å². The third kappa shape index (κ3) is 5.96. The molecule has 2 aromatic rings. The summed E-state index contributed by atoms with van der Waals surface area (Å²) in [5, 5.41) is 0. The van der Waals surface area contributed by atoms with E-state index < -0.39 is 0 Å². The minimum absolute atomic E-state index is 0. The molecule has 1 radical (unpaired) electrons. The number of hydrogen-bond acceptors (Lipinski definition) is 0. The summed E-state index contributed by atoms with van der Waals surface area (Å²) in [5.74, 6) is 1.05. The number of rotatable bonds is 2. The van der Waals surface area contributed by atoms with Gasteiger partial charge >= 0.3 is 6.67 Å². The van der Waals surface area contributed by atoms with Gasteiger partial charge in [0.1, 0.15) is 0 Å². The first-order valence-electron chi connectivity index (χ1n) is 13.7.